The van der Waals surface area contributed by atoms with Crippen LogP contribution in [-0.2, 0) is 0 Å². The van der Waals surface area contributed by atoms with Crippen molar-refractivity contribution in [3.8, 4) is 5.82 Å². The van der Waals surface area contributed by atoms with Gasteiger partial charge < -0.3 is 19.9 Å². The monoisotopic (exact) mass is 383 g/mol. The molecule has 0 aliphatic rings. The normalized spacial score (nSPS) is 12.1. The summed E-state index contributed by atoms with van der Waals surface area (Å²) in [5.74, 6) is -0.0157. The molecule has 0 saturated carbocycles. The van der Waals surface area contributed by atoms with Crippen molar-refractivity contribution in [2.75, 3.05) is 23.9 Å². The van der Waals surface area contributed by atoms with E-state index in [4.69, 9.17) is 0 Å². The zero-order chi connectivity index (χ0) is 20.4. The Labute approximate surface area is 164 Å². The SMILES string of the molecule is Cc1cc(C)cc(Nc2ncc(F)c(-n3cc(C)c(N(C)[C@@H](C)CO)c3)n2)c1. The third-order valence-electron chi connectivity index (χ3n) is 4.75. The fourth-order valence-electron chi connectivity index (χ4n) is 3.17. The van der Waals surface area contributed by atoms with Crippen molar-refractivity contribution in [1.29, 1.82) is 0 Å². The van der Waals surface area contributed by atoms with Gasteiger partial charge in [0.15, 0.2) is 11.6 Å². The van der Waals surface area contributed by atoms with Gasteiger partial charge in [0.2, 0.25) is 5.95 Å². The van der Waals surface area contributed by atoms with Crippen molar-refractivity contribution in [3.05, 3.63) is 59.3 Å². The number of hydrogen-bond acceptors (Lipinski definition) is 5. The molecule has 0 radical (unpaired) electrons. The second kappa shape index (κ2) is 7.98. The van der Waals surface area contributed by atoms with E-state index in [9.17, 15) is 9.50 Å². The van der Waals surface area contributed by atoms with Gasteiger partial charge in [0.05, 0.1) is 18.5 Å². The van der Waals surface area contributed by atoms with Crippen LogP contribution in [0.1, 0.15) is 23.6 Å². The molecule has 7 heteroatoms. The zero-order valence-corrected chi connectivity index (χ0v) is 16.9. The minimum absolute atomic E-state index is 0.0347. The molecular weight excluding hydrogens is 357 g/mol. The Hall–Kier alpha value is -2.93. The third-order valence-corrected chi connectivity index (χ3v) is 4.75. The molecule has 148 valence electrons. The summed E-state index contributed by atoms with van der Waals surface area (Å²) in [4.78, 5) is 10.4. The van der Waals surface area contributed by atoms with Crippen molar-refractivity contribution >= 4 is 17.3 Å². The van der Waals surface area contributed by atoms with Crippen LogP contribution >= 0.6 is 0 Å². The fraction of sp³-hybridized carbons (Fsp3) is 0.333. The van der Waals surface area contributed by atoms with Crippen molar-refractivity contribution in [2.45, 2.75) is 33.7 Å². The summed E-state index contributed by atoms with van der Waals surface area (Å²) in [6, 6.07) is 6.01. The maximum atomic E-state index is 14.5. The molecule has 0 unspecified atom stereocenters. The highest BCUT2D eigenvalue weighted by Crippen LogP contribution is 2.25. The standard InChI is InChI=1S/C21H26FN5O/c1-13-6-14(2)8-17(7-13)24-21-23-9-18(22)20(25-21)27-10-15(3)19(11-27)26(5)16(4)12-28/h6-11,16,28H,12H2,1-5H3,(H,23,24,25)/t16-/m0/s1. The van der Waals surface area contributed by atoms with Crippen LogP contribution in [0, 0.1) is 26.6 Å². The molecular formula is C21H26FN5O. The Morgan fingerprint density at radius 2 is 1.86 bits per heavy atom. The van der Waals surface area contributed by atoms with Crippen molar-refractivity contribution < 1.29 is 9.50 Å². The van der Waals surface area contributed by atoms with Crippen molar-refractivity contribution in [1.82, 2.24) is 14.5 Å². The van der Waals surface area contributed by atoms with Crippen LogP contribution in [-0.4, -0.2) is 39.3 Å². The largest absolute Gasteiger partial charge is 0.394 e. The van der Waals surface area contributed by atoms with E-state index in [1.54, 1.807) is 4.57 Å². The number of aliphatic hydroxyl groups is 1. The minimum Gasteiger partial charge on any atom is -0.394 e. The quantitative estimate of drug-likeness (QED) is 0.676. The Morgan fingerprint density at radius 1 is 1.18 bits per heavy atom. The molecule has 0 saturated heterocycles. The number of benzene rings is 1. The molecule has 2 aromatic heterocycles. The summed E-state index contributed by atoms with van der Waals surface area (Å²) in [5.41, 5.74) is 4.97. The maximum Gasteiger partial charge on any atom is 0.229 e. The smallest absolute Gasteiger partial charge is 0.229 e. The molecule has 3 aromatic rings. The average Bonchev–Trinajstić information content (AvgIpc) is 3.02. The number of nitrogens with one attached hydrogen (secondary N) is 1. The number of hydrogen-bond donors (Lipinski definition) is 2. The molecule has 2 N–H and O–H groups in total. The molecule has 0 amide bonds. The Balaban J connectivity index is 1.94. The van der Waals surface area contributed by atoms with E-state index < -0.39 is 5.82 Å². The molecule has 1 aromatic carbocycles. The molecule has 0 aliphatic carbocycles. The molecule has 6 nitrogen and oxygen atoms in total. The van der Waals surface area contributed by atoms with E-state index >= 15 is 0 Å². The summed E-state index contributed by atoms with van der Waals surface area (Å²) in [6.45, 7) is 7.94. The minimum atomic E-state index is -0.509. The van der Waals surface area contributed by atoms with Gasteiger partial charge in [-0.05, 0) is 56.5 Å². The van der Waals surface area contributed by atoms with Crippen molar-refractivity contribution in [2.24, 2.45) is 0 Å². The van der Waals surface area contributed by atoms with Gasteiger partial charge in [-0.25, -0.2) is 9.37 Å². The summed E-state index contributed by atoms with van der Waals surface area (Å²) in [6.07, 6.45) is 4.80. The maximum absolute atomic E-state index is 14.5. The van der Waals surface area contributed by atoms with Crippen LogP contribution < -0.4 is 10.2 Å². The van der Waals surface area contributed by atoms with E-state index in [0.717, 1.165) is 28.1 Å². The second-order valence-electron chi connectivity index (χ2n) is 7.24. The van der Waals surface area contributed by atoms with Gasteiger partial charge in [-0.3, -0.25) is 0 Å². The lowest BCUT2D eigenvalue weighted by Gasteiger charge is -2.24. The molecule has 0 spiro atoms. The number of likely N-dealkylation sites (N-methyl/N-ethyl adjacent to an activating group) is 1. The van der Waals surface area contributed by atoms with Gasteiger partial charge >= 0.3 is 0 Å². The Morgan fingerprint density at radius 3 is 2.50 bits per heavy atom. The van der Waals surface area contributed by atoms with E-state index in [1.165, 1.54) is 6.20 Å². The summed E-state index contributed by atoms with van der Waals surface area (Å²) in [5, 5.41) is 12.6. The van der Waals surface area contributed by atoms with Gasteiger partial charge in [0.25, 0.3) is 0 Å². The summed E-state index contributed by atoms with van der Waals surface area (Å²) in [7, 11) is 1.90. The van der Waals surface area contributed by atoms with Gasteiger partial charge in [-0.1, -0.05) is 6.07 Å². The van der Waals surface area contributed by atoms with Gasteiger partial charge in [-0.2, -0.15) is 4.98 Å². The first-order valence-corrected chi connectivity index (χ1v) is 9.19. The van der Waals surface area contributed by atoms with Crippen molar-refractivity contribution in [3.63, 3.8) is 0 Å². The lowest BCUT2D eigenvalue weighted by molar-refractivity contribution is 0.270. The van der Waals surface area contributed by atoms with E-state index in [0.29, 0.717) is 5.95 Å². The number of anilines is 3. The average molecular weight is 383 g/mol. The first-order chi connectivity index (χ1) is 13.3. The number of aromatic nitrogens is 3. The summed E-state index contributed by atoms with van der Waals surface area (Å²) < 4.78 is 16.1. The predicted octanol–water partition coefficient (Wildman–Crippen LogP) is 3.89. The van der Waals surface area contributed by atoms with E-state index in [1.807, 2.05) is 64.2 Å². The fourth-order valence-corrected chi connectivity index (χ4v) is 3.17. The lowest BCUT2D eigenvalue weighted by atomic mass is 10.1. The number of aliphatic hydroxyl groups excluding tert-OH is 1. The van der Waals surface area contributed by atoms with Crippen LogP contribution in [0.3, 0.4) is 0 Å². The Bertz CT molecular complexity index is 965. The van der Waals surface area contributed by atoms with Crippen LogP contribution in [0.25, 0.3) is 5.82 Å². The molecule has 28 heavy (non-hydrogen) atoms. The van der Waals surface area contributed by atoms with Gasteiger partial charge in [0, 0.05) is 31.2 Å². The molecule has 2 heterocycles. The molecule has 3 rings (SSSR count). The molecule has 1 atom stereocenters. The topological polar surface area (TPSA) is 66.2 Å². The molecule has 0 bridgehead atoms. The highest BCUT2D eigenvalue weighted by molar-refractivity contribution is 5.57. The van der Waals surface area contributed by atoms with Crippen LogP contribution in [0.2, 0.25) is 0 Å². The predicted molar refractivity (Wildman–Crippen MR) is 110 cm³/mol. The Kier molecular flexibility index (Phi) is 5.65. The van der Waals surface area contributed by atoms with Crippen LogP contribution in [0.4, 0.5) is 21.7 Å². The number of aryl methyl sites for hydroxylation is 3. The van der Waals surface area contributed by atoms with Gasteiger partial charge in [-0.15, -0.1) is 0 Å². The molecule has 0 aliphatic heterocycles. The zero-order valence-electron chi connectivity index (χ0n) is 16.9. The highest BCUT2D eigenvalue weighted by atomic mass is 19.1. The lowest BCUT2D eigenvalue weighted by Crippen LogP contribution is -2.31. The first-order valence-electron chi connectivity index (χ1n) is 9.19. The summed E-state index contributed by atoms with van der Waals surface area (Å²) >= 11 is 0. The van der Waals surface area contributed by atoms with Crippen LogP contribution in [0.15, 0.2) is 36.8 Å². The number of rotatable bonds is 6. The number of nitrogens with zero attached hydrogens (tertiary/aromatic N) is 4. The molecule has 0 fully saturated rings. The second-order valence-corrected chi connectivity index (χ2v) is 7.24. The van der Waals surface area contributed by atoms with Crippen LogP contribution in [0.5, 0.6) is 0 Å². The highest BCUT2D eigenvalue weighted by Gasteiger charge is 2.16. The van der Waals surface area contributed by atoms with E-state index in [-0.39, 0.29) is 18.5 Å². The first kappa shape index (κ1) is 19.8. The van der Waals surface area contributed by atoms with Gasteiger partial charge in [0.1, 0.15) is 0 Å². The van der Waals surface area contributed by atoms with E-state index in [2.05, 4.69) is 21.4 Å². The third kappa shape index (κ3) is 4.14. The number of halogens is 1.